The van der Waals surface area contributed by atoms with E-state index in [1.54, 1.807) is 7.11 Å². The third-order valence-electron chi connectivity index (χ3n) is 4.52. The third-order valence-corrected chi connectivity index (χ3v) is 5.50. The first-order valence-electron chi connectivity index (χ1n) is 8.26. The highest BCUT2D eigenvalue weighted by Gasteiger charge is 2.19. The summed E-state index contributed by atoms with van der Waals surface area (Å²) in [6.45, 7) is 6.77. The van der Waals surface area contributed by atoms with Crippen LogP contribution in [0.2, 0.25) is 0 Å². The zero-order chi connectivity index (χ0) is 15.1. The predicted octanol–water partition coefficient (Wildman–Crippen LogP) is 4.75. The lowest BCUT2D eigenvalue weighted by atomic mass is 9.94. The van der Waals surface area contributed by atoms with Crippen LogP contribution in [-0.2, 0) is 0 Å². The van der Waals surface area contributed by atoms with Crippen molar-refractivity contribution in [3.8, 4) is 5.75 Å². The van der Waals surface area contributed by atoms with Gasteiger partial charge in [0.25, 0.3) is 0 Å². The van der Waals surface area contributed by atoms with Gasteiger partial charge >= 0.3 is 0 Å². The van der Waals surface area contributed by atoms with E-state index < -0.39 is 0 Å². The molecule has 0 atom stereocenters. The summed E-state index contributed by atoms with van der Waals surface area (Å²) in [5.41, 5.74) is 1.21. The number of thioether (sulfide) groups is 1. The molecule has 0 saturated heterocycles. The predicted molar refractivity (Wildman–Crippen MR) is 92.6 cm³/mol. The van der Waals surface area contributed by atoms with Crippen molar-refractivity contribution in [1.29, 1.82) is 0 Å². The summed E-state index contributed by atoms with van der Waals surface area (Å²) in [5.74, 6) is 2.16. The molecule has 1 aliphatic carbocycles. The fourth-order valence-corrected chi connectivity index (χ4v) is 4.13. The van der Waals surface area contributed by atoms with Crippen molar-refractivity contribution in [3.63, 3.8) is 0 Å². The molecule has 1 saturated carbocycles. The van der Waals surface area contributed by atoms with Crippen LogP contribution in [0, 0.1) is 6.92 Å². The molecular weight excluding hydrogens is 278 g/mol. The van der Waals surface area contributed by atoms with Crippen LogP contribution in [0.25, 0.3) is 0 Å². The maximum Gasteiger partial charge on any atom is 0.122 e. The fraction of sp³-hybridized carbons (Fsp3) is 0.667. The monoisotopic (exact) mass is 307 g/mol. The van der Waals surface area contributed by atoms with E-state index in [2.05, 4.69) is 36.9 Å². The highest BCUT2D eigenvalue weighted by molar-refractivity contribution is 7.99. The van der Waals surface area contributed by atoms with E-state index in [9.17, 15) is 0 Å². The number of hydrogen-bond donors (Lipinski definition) is 0. The zero-order valence-corrected chi connectivity index (χ0v) is 14.5. The number of nitrogens with zero attached hydrogens (tertiary/aromatic N) is 1. The Bertz CT molecular complexity index is 429. The first-order valence-corrected chi connectivity index (χ1v) is 9.24. The fourth-order valence-electron chi connectivity index (χ4n) is 3.22. The Labute approximate surface area is 134 Å². The molecular formula is C18H29NOS. The van der Waals surface area contributed by atoms with Gasteiger partial charge in [-0.15, -0.1) is 11.8 Å². The van der Waals surface area contributed by atoms with E-state index >= 15 is 0 Å². The average molecular weight is 308 g/mol. The van der Waals surface area contributed by atoms with Gasteiger partial charge in [-0.05, 0) is 44.0 Å². The number of aryl methyl sites for hydroxylation is 1. The highest BCUT2D eigenvalue weighted by Crippen LogP contribution is 2.27. The second-order valence-corrected chi connectivity index (χ2v) is 7.07. The van der Waals surface area contributed by atoms with E-state index in [0.29, 0.717) is 0 Å². The zero-order valence-electron chi connectivity index (χ0n) is 13.7. The molecule has 3 heteroatoms. The van der Waals surface area contributed by atoms with Crippen LogP contribution >= 0.6 is 11.8 Å². The van der Waals surface area contributed by atoms with Crippen molar-refractivity contribution < 1.29 is 4.74 Å². The van der Waals surface area contributed by atoms with Crippen molar-refractivity contribution in [1.82, 2.24) is 4.90 Å². The number of methoxy groups -OCH3 is 1. The van der Waals surface area contributed by atoms with Crippen molar-refractivity contribution in [3.05, 3.63) is 23.8 Å². The SMILES string of the molecule is CCN(CCSc1ccc(C)c(OC)c1)C1CCCCC1. The van der Waals surface area contributed by atoms with Crippen LogP contribution < -0.4 is 4.74 Å². The summed E-state index contributed by atoms with van der Waals surface area (Å²) in [5, 5.41) is 0. The Morgan fingerprint density at radius 1 is 1.24 bits per heavy atom. The van der Waals surface area contributed by atoms with Gasteiger partial charge in [-0.25, -0.2) is 0 Å². The number of benzene rings is 1. The molecule has 0 N–H and O–H groups in total. The lowest BCUT2D eigenvalue weighted by molar-refractivity contribution is 0.173. The maximum absolute atomic E-state index is 5.41. The smallest absolute Gasteiger partial charge is 0.122 e. The van der Waals surface area contributed by atoms with E-state index in [-0.39, 0.29) is 0 Å². The molecule has 1 aromatic rings. The molecule has 0 spiro atoms. The van der Waals surface area contributed by atoms with E-state index in [4.69, 9.17) is 4.74 Å². The van der Waals surface area contributed by atoms with Crippen molar-refractivity contribution >= 4 is 11.8 Å². The van der Waals surface area contributed by atoms with Crippen LogP contribution in [0.5, 0.6) is 5.75 Å². The third kappa shape index (κ3) is 4.93. The molecule has 0 unspecified atom stereocenters. The Balaban J connectivity index is 1.81. The van der Waals surface area contributed by atoms with Gasteiger partial charge in [0, 0.05) is 23.2 Å². The number of ether oxygens (including phenoxy) is 1. The molecule has 1 fully saturated rings. The lowest BCUT2D eigenvalue weighted by Gasteiger charge is -2.33. The van der Waals surface area contributed by atoms with E-state index in [1.807, 2.05) is 11.8 Å². The summed E-state index contributed by atoms with van der Waals surface area (Å²) in [4.78, 5) is 3.99. The first kappa shape index (κ1) is 16.7. The molecule has 0 heterocycles. The van der Waals surface area contributed by atoms with Gasteiger partial charge < -0.3 is 4.74 Å². The van der Waals surface area contributed by atoms with Gasteiger partial charge in [0.2, 0.25) is 0 Å². The minimum absolute atomic E-state index is 0.830. The summed E-state index contributed by atoms with van der Waals surface area (Å²) < 4.78 is 5.41. The van der Waals surface area contributed by atoms with E-state index in [0.717, 1.165) is 17.5 Å². The summed E-state index contributed by atoms with van der Waals surface area (Å²) in [6.07, 6.45) is 7.08. The van der Waals surface area contributed by atoms with Crippen LogP contribution in [0.4, 0.5) is 0 Å². The minimum atomic E-state index is 0.830. The van der Waals surface area contributed by atoms with Crippen LogP contribution in [-0.4, -0.2) is 36.9 Å². The molecule has 0 amide bonds. The molecule has 1 aliphatic rings. The average Bonchev–Trinajstić information content (AvgIpc) is 2.54. The Hall–Kier alpha value is -0.670. The Morgan fingerprint density at radius 3 is 2.67 bits per heavy atom. The molecule has 21 heavy (non-hydrogen) atoms. The minimum Gasteiger partial charge on any atom is -0.496 e. The molecule has 0 aliphatic heterocycles. The maximum atomic E-state index is 5.41. The molecule has 1 aromatic carbocycles. The molecule has 2 rings (SSSR count). The molecule has 2 nitrogen and oxygen atoms in total. The molecule has 0 radical (unpaired) electrons. The summed E-state index contributed by atoms with van der Waals surface area (Å²) in [6, 6.07) is 7.35. The van der Waals surface area contributed by atoms with Crippen LogP contribution in [0.1, 0.15) is 44.6 Å². The largest absolute Gasteiger partial charge is 0.496 e. The topological polar surface area (TPSA) is 12.5 Å². The second kappa shape index (κ2) is 8.70. The quantitative estimate of drug-likeness (QED) is 0.674. The van der Waals surface area contributed by atoms with Gasteiger partial charge in [-0.2, -0.15) is 0 Å². The van der Waals surface area contributed by atoms with E-state index in [1.165, 1.54) is 55.7 Å². The van der Waals surface area contributed by atoms with Gasteiger partial charge in [0.1, 0.15) is 5.75 Å². The molecule has 0 bridgehead atoms. The van der Waals surface area contributed by atoms with Crippen molar-refractivity contribution in [2.75, 3.05) is 26.0 Å². The normalized spacial score (nSPS) is 16.4. The lowest BCUT2D eigenvalue weighted by Crippen LogP contribution is -2.38. The van der Waals surface area contributed by atoms with Gasteiger partial charge in [0.05, 0.1) is 7.11 Å². The van der Waals surface area contributed by atoms with Crippen molar-refractivity contribution in [2.24, 2.45) is 0 Å². The summed E-state index contributed by atoms with van der Waals surface area (Å²) >= 11 is 1.94. The van der Waals surface area contributed by atoms with Crippen LogP contribution in [0.3, 0.4) is 0 Å². The number of hydrogen-bond acceptors (Lipinski definition) is 3. The Kier molecular flexibility index (Phi) is 6.91. The van der Waals surface area contributed by atoms with Crippen LogP contribution in [0.15, 0.2) is 23.1 Å². The standard InChI is InChI=1S/C18H29NOS/c1-4-19(16-8-6-5-7-9-16)12-13-21-17-11-10-15(2)18(14-17)20-3/h10-11,14,16H,4-9,12-13H2,1-3H3. The Morgan fingerprint density at radius 2 is 2.00 bits per heavy atom. The van der Waals surface area contributed by atoms with Crippen molar-refractivity contribution in [2.45, 2.75) is 56.9 Å². The second-order valence-electron chi connectivity index (χ2n) is 5.90. The highest BCUT2D eigenvalue weighted by atomic mass is 32.2. The van der Waals surface area contributed by atoms with Gasteiger partial charge in [0.15, 0.2) is 0 Å². The first-order chi connectivity index (χ1) is 10.2. The molecule has 0 aromatic heterocycles. The number of rotatable bonds is 7. The van der Waals surface area contributed by atoms with Gasteiger partial charge in [-0.1, -0.05) is 32.3 Å². The van der Waals surface area contributed by atoms with Gasteiger partial charge in [-0.3, -0.25) is 4.90 Å². The summed E-state index contributed by atoms with van der Waals surface area (Å²) in [7, 11) is 1.75. The molecule has 118 valence electrons.